The Labute approximate surface area is 149 Å². The average Bonchev–Trinajstić information content (AvgIpc) is 2.55. The summed E-state index contributed by atoms with van der Waals surface area (Å²) in [6, 6.07) is 12.1. The smallest absolute Gasteiger partial charge is 0.422 e. The molecule has 1 heterocycles. The van der Waals surface area contributed by atoms with Crippen molar-refractivity contribution in [1.29, 1.82) is 0 Å². The summed E-state index contributed by atoms with van der Waals surface area (Å²) >= 11 is -0.580. The minimum Gasteiger partial charge on any atom is -0.422 e. The van der Waals surface area contributed by atoms with Gasteiger partial charge < -0.3 is 8.60 Å². The second kappa shape index (κ2) is 6.69. The van der Waals surface area contributed by atoms with Crippen LogP contribution in [0.2, 0.25) is 0 Å². The molecule has 0 saturated heterocycles. The molecule has 0 N–H and O–H groups in total. The highest BCUT2D eigenvalue weighted by atomic mass is 32.2. The third kappa shape index (κ3) is 4.20. The Kier molecular flexibility index (Phi) is 4.72. The van der Waals surface area contributed by atoms with Crippen LogP contribution in [0.4, 0.5) is 13.2 Å². The van der Waals surface area contributed by atoms with Gasteiger partial charge >= 0.3 is 21.3 Å². The Morgan fingerprint density at radius 2 is 1.69 bits per heavy atom. The quantitative estimate of drug-likeness (QED) is 0.370. The van der Waals surface area contributed by atoms with Crippen LogP contribution in [0.3, 0.4) is 0 Å². The van der Waals surface area contributed by atoms with Gasteiger partial charge in [0.2, 0.25) is 0 Å². The first-order valence-electron chi connectivity index (χ1n) is 6.97. The Morgan fingerprint density at radius 1 is 1.00 bits per heavy atom. The molecule has 0 unspecified atom stereocenters. The second-order valence-electron chi connectivity index (χ2n) is 5.00. The second-order valence-corrected chi connectivity index (χ2v) is 7.65. The number of alkyl halides is 3. The number of benzene rings is 2. The van der Waals surface area contributed by atoms with Gasteiger partial charge in [0.1, 0.15) is 21.1 Å². The fourth-order valence-corrected chi connectivity index (χ4v) is 3.59. The number of hydrogen-bond acceptors (Lipinski definition) is 6. The van der Waals surface area contributed by atoms with E-state index in [0.29, 0.717) is 0 Å². The van der Waals surface area contributed by atoms with Crippen LogP contribution in [0.5, 0.6) is 5.75 Å². The molecule has 26 heavy (non-hydrogen) atoms. The van der Waals surface area contributed by atoms with Crippen LogP contribution in [-0.2, 0) is 10.1 Å². The highest BCUT2D eigenvalue weighted by Crippen LogP contribution is 2.36. The molecule has 0 aliphatic rings. The number of fused-ring (bicyclic) bond motifs is 1. The zero-order chi connectivity index (χ0) is 18.9. The molecule has 0 amide bonds. The van der Waals surface area contributed by atoms with Crippen LogP contribution < -0.4 is 9.81 Å². The molecular weight excluding hydrogens is 393 g/mol. The van der Waals surface area contributed by atoms with E-state index in [4.69, 9.17) is 8.60 Å². The van der Waals surface area contributed by atoms with Crippen molar-refractivity contribution in [1.82, 2.24) is 0 Å². The fourth-order valence-electron chi connectivity index (χ4n) is 2.08. The molecule has 0 bridgehead atoms. The monoisotopic (exact) mass is 402 g/mol. The first-order valence-corrected chi connectivity index (χ1v) is 9.20. The fraction of sp³-hybridized carbons (Fsp3) is 0.0625. The Morgan fingerprint density at radius 3 is 2.35 bits per heavy atom. The molecule has 5 nitrogen and oxygen atoms in total. The standard InChI is InChI=1S/C16H9F3O5S2/c17-16(18,19)25-14-8-10-6-7-11(9-13(10)23-15(14)20)24-26(21,22)12-4-2-1-3-5-12/h1-9H. The summed E-state index contributed by atoms with van der Waals surface area (Å²) in [5.41, 5.74) is -5.90. The maximum Gasteiger partial charge on any atom is 0.446 e. The lowest BCUT2D eigenvalue weighted by Crippen LogP contribution is -2.10. The molecule has 0 atom stereocenters. The molecule has 2 aromatic carbocycles. The minimum absolute atomic E-state index is 0.0709. The molecule has 3 rings (SSSR count). The van der Waals surface area contributed by atoms with Crippen LogP contribution in [0.1, 0.15) is 0 Å². The van der Waals surface area contributed by atoms with E-state index < -0.39 is 37.9 Å². The molecule has 10 heteroatoms. The van der Waals surface area contributed by atoms with Crippen molar-refractivity contribution < 1.29 is 30.2 Å². The van der Waals surface area contributed by atoms with Crippen molar-refractivity contribution in [3.8, 4) is 5.75 Å². The van der Waals surface area contributed by atoms with Crippen LogP contribution in [0.15, 0.2) is 73.6 Å². The summed E-state index contributed by atoms with van der Waals surface area (Å²) < 4.78 is 71.4. The van der Waals surface area contributed by atoms with E-state index >= 15 is 0 Å². The molecule has 0 aliphatic heterocycles. The molecule has 3 aromatic rings. The van der Waals surface area contributed by atoms with Gasteiger partial charge in [0, 0.05) is 11.5 Å². The SMILES string of the molecule is O=c1oc2cc(OS(=O)(=O)c3ccccc3)ccc2cc1SC(F)(F)F. The third-order valence-electron chi connectivity index (χ3n) is 3.14. The van der Waals surface area contributed by atoms with Gasteiger partial charge in [-0.15, -0.1) is 0 Å². The van der Waals surface area contributed by atoms with Crippen LogP contribution in [0, 0.1) is 0 Å². The van der Waals surface area contributed by atoms with Crippen molar-refractivity contribution in [2.75, 3.05) is 0 Å². The van der Waals surface area contributed by atoms with Gasteiger partial charge in [-0.25, -0.2) is 4.79 Å². The van der Waals surface area contributed by atoms with Gasteiger partial charge in [-0.05, 0) is 42.1 Å². The molecule has 0 spiro atoms. The summed E-state index contributed by atoms with van der Waals surface area (Å²) in [7, 11) is -4.10. The van der Waals surface area contributed by atoms with Crippen LogP contribution >= 0.6 is 11.8 Å². The average molecular weight is 402 g/mol. The number of halogens is 3. The van der Waals surface area contributed by atoms with Crippen molar-refractivity contribution in [2.45, 2.75) is 15.3 Å². The van der Waals surface area contributed by atoms with Gasteiger partial charge in [0.15, 0.2) is 0 Å². The van der Waals surface area contributed by atoms with E-state index in [0.717, 1.165) is 12.1 Å². The minimum atomic E-state index is -4.63. The zero-order valence-electron chi connectivity index (χ0n) is 12.7. The first-order chi connectivity index (χ1) is 12.1. The van der Waals surface area contributed by atoms with Gasteiger partial charge in [-0.2, -0.15) is 21.6 Å². The van der Waals surface area contributed by atoms with E-state index in [9.17, 15) is 26.4 Å². The van der Waals surface area contributed by atoms with Gasteiger partial charge in [-0.3, -0.25) is 0 Å². The summed E-state index contributed by atoms with van der Waals surface area (Å²) in [4.78, 5) is 11.0. The van der Waals surface area contributed by atoms with E-state index in [1.54, 1.807) is 6.07 Å². The molecule has 0 aliphatic carbocycles. The summed E-state index contributed by atoms with van der Waals surface area (Å²) in [5.74, 6) is -0.138. The van der Waals surface area contributed by atoms with Crippen LogP contribution in [-0.4, -0.2) is 13.9 Å². The predicted molar refractivity (Wildman–Crippen MR) is 88.7 cm³/mol. The molecule has 0 fully saturated rings. The number of hydrogen-bond donors (Lipinski definition) is 0. The van der Waals surface area contributed by atoms with Gasteiger partial charge in [0.05, 0.1) is 0 Å². The Balaban J connectivity index is 1.95. The van der Waals surface area contributed by atoms with E-state index in [2.05, 4.69) is 0 Å². The maximum atomic E-state index is 12.4. The Hall–Kier alpha value is -2.46. The number of thioether (sulfide) groups is 1. The highest BCUT2D eigenvalue weighted by Gasteiger charge is 2.31. The summed E-state index contributed by atoms with van der Waals surface area (Å²) in [6.07, 6.45) is 0. The van der Waals surface area contributed by atoms with Crippen molar-refractivity contribution >= 4 is 32.8 Å². The normalized spacial score (nSPS) is 12.3. The summed E-state index contributed by atoms with van der Waals surface area (Å²) in [5, 5.41) is 0.195. The third-order valence-corrected chi connectivity index (χ3v) is 5.14. The highest BCUT2D eigenvalue weighted by molar-refractivity contribution is 8.00. The van der Waals surface area contributed by atoms with Gasteiger partial charge in [-0.1, -0.05) is 18.2 Å². The van der Waals surface area contributed by atoms with Crippen molar-refractivity contribution in [2.24, 2.45) is 0 Å². The number of rotatable bonds is 4. The van der Waals surface area contributed by atoms with Crippen molar-refractivity contribution in [3.05, 3.63) is 65.0 Å². The zero-order valence-corrected chi connectivity index (χ0v) is 14.3. The first kappa shape index (κ1) is 18.3. The largest absolute Gasteiger partial charge is 0.446 e. The van der Waals surface area contributed by atoms with E-state index in [-0.39, 0.29) is 21.6 Å². The molecule has 0 saturated carbocycles. The van der Waals surface area contributed by atoms with Crippen molar-refractivity contribution in [3.63, 3.8) is 0 Å². The lowest BCUT2D eigenvalue weighted by Gasteiger charge is -2.08. The molecule has 136 valence electrons. The topological polar surface area (TPSA) is 73.6 Å². The van der Waals surface area contributed by atoms with Gasteiger partial charge in [0.25, 0.3) is 0 Å². The van der Waals surface area contributed by atoms with E-state index in [1.165, 1.54) is 36.4 Å². The van der Waals surface area contributed by atoms with E-state index in [1.807, 2.05) is 0 Å². The summed E-state index contributed by atoms with van der Waals surface area (Å²) in [6.45, 7) is 0. The predicted octanol–water partition coefficient (Wildman–Crippen LogP) is 4.17. The molecule has 0 radical (unpaired) electrons. The Bertz CT molecular complexity index is 1110. The maximum absolute atomic E-state index is 12.4. The lowest BCUT2D eigenvalue weighted by molar-refractivity contribution is -0.0329. The molecular formula is C16H9F3O5S2. The lowest BCUT2D eigenvalue weighted by atomic mass is 10.2. The van der Waals surface area contributed by atoms with Crippen LogP contribution in [0.25, 0.3) is 11.0 Å². The molecule has 1 aromatic heterocycles.